The molecule has 0 bridgehead atoms. The number of hydrogen-bond donors (Lipinski definition) is 2. The van der Waals surface area contributed by atoms with Crippen LogP contribution in [0.1, 0.15) is 13.8 Å². The topological polar surface area (TPSA) is 26.3 Å². The Kier molecular flexibility index (Phi) is 2.70. The molecule has 0 heterocycles. The first-order chi connectivity index (χ1) is 3.48. The van der Waals surface area contributed by atoms with Crippen molar-refractivity contribution in [2.75, 3.05) is 0 Å². The Balaban J connectivity index is 3.82. The molecule has 0 atom stereocenters. The summed E-state index contributed by atoms with van der Waals surface area (Å²) >= 11 is 7.22. The highest BCUT2D eigenvalue weighted by Gasteiger charge is 2.23. The molecule has 0 unspecified atom stereocenters. The summed E-state index contributed by atoms with van der Waals surface area (Å²) in [5, 5.41) is 0. The van der Waals surface area contributed by atoms with Gasteiger partial charge in [0.15, 0.2) is 0 Å². The van der Waals surface area contributed by atoms with Crippen molar-refractivity contribution in [3.8, 4) is 0 Å². The van der Waals surface area contributed by atoms with Gasteiger partial charge in [0.1, 0.15) is 4.75 Å². The molecule has 4 heteroatoms. The van der Waals surface area contributed by atoms with Crippen molar-refractivity contribution < 1.29 is 8.98 Å². The molecule has 0 aromatic carbocycles. The van der Waals surface area contributed by atoms with E-state index in [2.05, 4.69) is 29.7 Å². The molecule has 0 spiro atoms. The van der Waals surface area contributed by atoms with Crippen LogP contribution in [0.25, 0.3) is 0 Å². The summed E-state index contributed by atoms with van der Waals surface area (Å²) in [5.74, 6) is -0.441. The lowest BCUT2D eigenvalue weighted by Gasteiger charge is -2.11. The van der Waals surface area contributed by atoms with Crippen LogP contribution in [0.5, 0.6) is 0 Å². The lowest BCUT2D eigenvalue weighted by Crippen LogP contribution is -2.24. The van der Waals surface area contributed by atoms with Gasteiger partial charge < -0.3 is 4.18 Å². The lowest BCUT2D eigenvalue weighted by molar-refractivity contribution is -0.134. The Morgan fingerprint density at radius 3 is 2.00 bits per heavy atom. The summed E-state index contributed by atoms with van der Waals surface area (Å²) in [6.07, 6.45) is 0. The monoisotopic (exact) mass is 152 g/mol. The third-order valence-corrected chi connectivity index (χ3v) is 0.931. The largest absolute Gasteiger partial charge is 0.394 e. The summed E-state index contributed by atoms with van der Waals surface area (Å²) in [5.41, 5.74) is 0. The standard InChI is InChI=1S/C4H8O2S2/c1-4(2,7)3(5)6-8/h7-8H,1-2H3. The number of carbonyl (C=O) groups is 1. The zero-order valence-corrected chi connectivity index (χ0v) is 6.50. The minimum Gasteiger partial charge on any atom is -0.394 e. The highest BCUT2D eigenvalue weighted by molar-refractivity contribution is 7.83. The molecule has 0 saturated carbocycles. The van der Waals surface area contributed by atoms with Crippen molar-refractivity contribution in [2.24, 2.45) is 0 Å². The van der Waals surface area contributed by atoms with Gasteiger partial charge in [-0.15, -0.1) is 0 Å². The van der Waals surface area contributed by atoms with Crippen molar-refractivity contribution in [1.82, 2.24) is 0 Å². The molecular weight excluding hydrogens is 144 g/mol. The summed E-state index contributed by atoms with van der Waals surface area (Å²) in [6, 6.07) is 0. The van der Waals surface area contributed by atoms with Gasteiger partial charge in [0.25, 0.3) is 0 Å². The van der Waals surface area contributed by atoms with E-state index < -0.39 is 10.7 Å². The van der Waals surface area contributed by atoms with E-state index in [1.807, 2.05) is 0 Å². The lowest BCUT2D eigenvalue weighted by atomic mass is 10.2. The number of carbonyl (C=O) groups excluding carboxylic acids is 1. The van der Waals surface area contributed by atoms with Crippen LogP contribution < -0.4 is 0 Å². The highest BCUT2D eigenvalue weighted by atomic mass is 32.1. The van der Waals surface area contributed by atoms with Crippen LogP contribution in [0.3, 0.4) is 0 Å². The Hall–Kier alpha value is 0.170. The Morgan fingerprint density at radius 2 is 2.00 bits per heavy atom. The first kappa shape index (κ1) is 8.17. The predicted molar refractivity (Wildman–Crippen MR) is 38.1 cm³/mol. The van der Waals surface area contributed by atoms with E-state index in [0.717, 1.165) is 0 Å². The molecule has 0 aliphatic heterocycles. The SMILES string of the molecule is CC(C)(S)C(=O)OS. The molecule has 0 aliphatic rings. The zero-order chi connectivity index (χ0) is 6.78. The normalized spacial score (nSPS) is 11.0. The molecule has 0 N–H and O–H groups in total. The summed E-state index contributed by atoms with van der Waals surface area (Å²) in [6.45, 7) is 3.27. The maximum atomic E-state index is 10.5. The van der Waals surface area contributed by atoms with Gasteiger partial charge in [0.05, 0.1) is 0 Å². The van der Waals surface area contributed by atoms with Crippen LogP contribution in [0.2, 0.25) is 0 Å². The van der Waals surface area contributed by atoms with Crippen LogP contribution >= 0.6 is 25.5 Å². The van der Waals surface area contributed by atoms with E-state index >= 15 is 0 Å². The van der Waals surface area contributed by atoms with Crippen molar-refractivity contribution in [3.63, 3.8) is 0 Å². The second-order valence-electron chi connectivity index (χ2n) is 1.94. The van der Waals surface area contributed by atoms with E-state index in [-0.39, 0.29) is 0 Å². The second-order valence-corrected chi connectivity index (χ2v) is 3.24. The van der Waals surface area contributed by atoms with E-state index in [0.29, 0.717) is 0 Å². The van der Waals surface area contributed by atoms with Gasteiger partial charge in [-0.3, -0.25) is 0 Å². The first-order valence-corrected chi connectivity index (χ1v) is 2.88. The summed E-state index contributed by atoms with van der Waals surface area (Å²) < 4.78 is 3.36. The molecule has 0 aromatic heterocycles. The van der Waals surface area contributed by atoms with Crippen LogP contribution in [0, 0.1) is 0 Å². The van der Waals surface area contributed by atoms with Gasteiger partial charge in [-0.1, -0.05) is 0 Å². The molecule has 0 rings (SSSR count). The highest BCUT2D eigenvalue weighted by Crippen LogP contribution is 2.13. The van der Waals surface area contributed by atoms with Crippen LogP contribution in [-0.4, -0.2) is 10.7 Å². The minimum atomic E-state index is -0.734. The molecule has 48 valence electrons. The maximum absolute atomic E-state index is 10.5. The molecule has 8 heavy (non-hydrogen) atoms. The van der Waals surface area contributed by atoms with E-state index in [4.69, 9.17) is 0 Å². The Bertz CT molecular complexity index is 94.7. The van der Waals surface area contributed by atoms with Crippen molar-refractivity contribution in [1.29, 1.82) is 0 Å². The van der Waals surface area contributed by atoms with E-state index in [1.54, 1.807) is 13.8 Å². The summed E-state index contributed by atoms with van der Waals surface area (Å²) in [7, 11) is 0. The number of hydrogen-bond acceptors (Lipinski definition) is 4. The van der Waals surface area contributed by atoms with Crippen LogP contribution in [-0.2, 0) is 8.98 Å². The van der Waals surface area contributed by atoms with Gasteiger partial charge in [-0.2, -0.15) is 12.6 Å². The zero-order valence-electron chi connectivity index (χ0n) is 4.71. The third kappa shape index (κ3) is 2.47. The molecule has 0 aliphatic carbocycles. The quantitative estimate of drug-likeness (QED) is 0.434. The molecule has 0 radical (unpaired) electrons. The minimum absolute atomic E-state index is 0.441. The van der Waals surface area contributed by atoms with E-state index in [1.165, 1.54) is 0 Å². The smallest absolute Gasteiger partial charge is 0.333 e. The van der Waals surface area contributed by atoms with Crippen LogP contribution in [0.15, 0.2) is 0 Å². The fourth-order valence-electron chi connectivity index (χ4n) is 0.112. The average Bonchev–Trinajstić information content (AvgIpc) is 1.62. The number of rotatable bonds is 1. The fraction of sp³-hybridized carbons (Fsp3) is 0.750. The maximum Gasteiger partial charge on any atom is 0.333 e. The molecule has 0 fully saturated rings. The fourth-order valence-corrected chi connectivity index (χ4v) is 0.458. The Morgan fingerprint density at radius 1 is 1.62 bits per heavy atom. The van der Waals surface area contributed by atoms with E-state index in [9.17, 15) is 4.79 Å². The summed E-state index contributed by atoms with van der Waals surface area (Å²) in [4.78, 5) is 10.5. The molecular formula is C4H8O2S2. The molecule has 0 aromatic rings. The van der Waals surface area contributed by atoms with Gasteiger partial charge in [0.2, 0.25) is 0 Å². The van der Waals surface area contributed by atoms with Gasteiger partial charge in [0, 0.05) is 12.9 Å². The van der Waals surface area contributed by atoms with Crippen LogP contribution in [0.4, 0.5) is 0 Å². The van der Waals surface area contributed by atoms with Crippen molar-refractivity contribution >= 4 is 31.5 Å². The van der Waals surface area contributed by atoms with Gasteiger partial charge in [-0.05, 0) is 13.8 Å². The second kappa shape index (κ2) is 2.64. The number of thiol groups is 2. The van der Waals surface area contributed by atoms with Gasteiger partial charge >= 0.3 is 5.97 Å². The van der Waals surface area contributed by atoms with Crippen molar-refractivity contribution in [2.45, 2.75) is 18.6 Å². The molecule has 2 nitrogen and oxygen atoms in total. The molecule has 0 amide bonds. The third-order valence-electron chi connectivity index (χ3n) is 0.582. The first-order valence-electron chi connectivity index (χ1n) is 2.06. The van der Waals surface area contributed by atoms with Gasteiger partial charge in [-0.25, -0.2) is 4.79 Å². The average molecular weight is 152 g/mol. The molecule has 0 saturated heterocycles. The predicted octanol–water partition coefficient (Wildman–Crippen LogP) is 1.08. The van der Waals surface area contributed by atoms with Crippen molar-refractivity contribution in [3.05, 3.63) is 0 Å². The Labute approximate surface area is 59.6 Å².